The third-order valence-electron chi connectivity index (χ3n) is 3.28. The average Bonchev–Trinajstić information content (AvgIpc) is 2.41. The van der Waals surface area contributed by atoms with Gasteiger partial charge in [-0.3, -0.25) is 14.9 Å². The highest BCUT2D eigenvalue weighted by atomic mass is 35.5. The Labute approximate surface area is 122 Å². The highest BCUT2D eigenvalue weighted by Gasteiger charge is 2.24. The SMILES string of the molecule is CCC(C)N(CC)C(=O)c1cc(Cl)c(N)c([N+](=O)[O-])c1. The summed E-state index contributed by atoms with van der Waals surface area (Å²) in [7, 11) is 0. The number of benzene rings is 1. The lowest BCUT2D eigenvalue weighted by Gasteiger charge is -2.27. The first-order valence-electron chi connectivity index (χ1n) is 6.37. The first kappa shape index (κ1) is 16.2. The number of rotatable bonds is 5. The third-order valence-corrected chi connectivity index (χ3v) is 3.59. The predicted octanol–water partition coefficient (Wildman–Crippen LogP) is 3.09. The number of halogens is 1. The maximum atomic E-state index is 12.4. The van der Waals surface area contributed by atoms with Gasteiger partial charge >= 0.3 is 0 Å². The molecule has 0 heterocycles. The molecule has 110 valence electrons. The van der Waals surface area contributed by atoms with Crippen molar-refractivity contribution in [2.75, 3.05) is 12.3 Å². The number of nitro benzene ring substituents is 1. The van der Waals surface area contributed by atoms with Crippen molar-refractivity contribution in [1.29, 1.82) is 0 Å². The fourth-order valence-electron chi connectivity index (χ4n) is 1.92. The van der Waals surface area contributed by atoms with Gasteiger partial charge in [0.05, 0.1) is 9.95 Å². The number of hydrogen-bond donors (Lipinski definition) is 1. The van der Waals surface area contributed by atoms with E-state index in [-0.39, 0.29) is 33.9 Å². The number of carbonyl (C=O) groups is 1. The van der Waals surface area contributed by atoms with Crippen molar-refractivity contribution in [2.45, 2.75) is 33.2 Å². The maximum Gasteiger partial charge on any atom is 0.294 e. The molecule has 0 aliphatic carbocycles. The summed E-state index contributed by atoms with van der Waals surface area (Å²) in [5, 5.41) is 10.9. The van der Waals surface area contributed by atoms with E-state index < -0.39 is 4.92 Å². The number of nitrogen functional groups attached to an aromatic ring is 1. The molecule has 7 heteroatoms. The van der Waals surface area contributed by atoms with Crippen LogP contribution in [0, 0.1) is 10.1 Å². The molecule has 6 nitrogen and oxygen atoms in total. The Bertz CT molecular complexity index is 534. The van der Waals surface area contributed by atoms with E-state index in [9.17, 15) is 14.9 Å². The van der Waals surface area contributed by atoms with Crippen LogP contribution < -0.4 is 5.73 Å². The Morgan fingerprint density at radius 1 is 1.50 bits per heavy atom. The van der Waals surface area contributed by atoms with Crippen LogP contribution in [0.1, 0.15) is 37.6 Å². The first-order chi connectivity index (χ1) is 9.33. The fraction of sp³-hybridized carbons (Fsp3) is 0.462. The first-order valence-corrected chi connectivity index (χ1v) is 6.75. The summed E-state index contributed by atoms with van der Waals surface area (Å²) in [4.78, 5) is 24.3. The van der Waals surface area contributed by atoms with Crippen LogP contribution in [-0.2, 0) is 0 Å². The topological polar surface area (TPSA) is 89.5 Å². The molecule has 0 fully saturated rings. The van der Waals surface area contributed by atoms with Gasteiger partial charge in [0.25, 0.3) is 11.6 Å². The number of nitrogens with zero attached hydrogens (tertiary/aromatic N) is 2. The minimum atomic E-state index is -0.641. The molecule has 0 saturated heterocycles. The minimum absolute atomic E-state index is 0.0164. The van der Waals surface area contributed by atoms with Crippen molar-refractivity contribution >= 4 is 28.9 Å². The predicted molar refractivity (Wildman–Crippen MR) is 79.0 cm³/mol. The highest BCUT2D eigenvalue weighted by Crippen LogP contribution is 2.31. The van der Waals surface area contributed by atoms with Crippen molar-refractivity contribution in [3.05, 3.63) is 32.8 Å². The van der Waals surface area contributed by atoms with Crippen molar-refractivity contribution in [1.82, 2.24) is 4.90 Å². The number of anilines is 1. The molecule has 1 aromatic carbocycles. The molecule has 1 rings (SSSR count). The molecule has 2 N–H and O–H groups in total. The Morgan fingerprint density at radius 3 is 2.55 bits per heavy atom. The summed E-state index contributed by atoms with van der Waals surface area (Å²) in [6.07, 6.45) is 0.796. The fourth-order valence-corrected chi connectivity index (χ4v) is 2.13. The normalized spacial score (nSPS) is 12.0. The van der Waals surface area contributed by atoms with Crippen LogP contribution in [0.4, 0.5) is 11.4 Å². The van der Waals surface area contributed by atoms with Gasteiger partial charge in [-0.2, -0.15) is 0 Å². The van der Waals surface area contributed by atoms with Gasteiger partial charge in [-0.05, 0) is 26.3 Å². The molecular formula is C13H18ClN3O3. The van der Waals surface area contributed by atoms with E-state index in [0.29, 0.717) is 6.54 Å². The molecule has 0 spiro atoms. The average molecular weight is 300 g/mol. The second-order valence-electron chi connectivity index (χ2n) is 4.50. The van der Waals surface area contributed by atoms with Crippen LogP contribution in [0.25, 0.3) is 0 Å². The molecule has 0 radical (unpaired) electrons. The number of carbonyl (C=O) groups excluding carboxylic acids is 1. The van der Waals surface area contributed by atoms with E-state index in [2.05, 4.69) is 0 Å². The molecule has 1 atom stereocenters. The van der Waals surface area contributed by atoms with Crippen LogP contribution in [0.3, 0.4) is 0 Å². The molecule has 1 unspecified atom stereocenters. The van der Waals surface area contributed by atoms with Gasteiger partial charge in [-0.1, -0.05) is 18.5 Å². The lowest BCUT2D eigenvalue weighted by atomic mass is 10.1. The van der Waals surface area contributed by atoms with E-state index in [1.165, 1.54) is 12.1 Å². The Hall–Kier alpha value is -1.82. The lowest BCUT2D eigenvalue weighted by molar-refractivity contribution is -0.383. The summed E-state index contributed by atoms with van der Waals surface area (Å²) < 4.78 is 0. The molecule has 0 aliphatic heterocycles. The molecule has 0 saturated carbocycles. The molecule has 1 aromatic rings. The number of hydrogen-bond acceptors (Lipinski definition) is 4. The number of nitrogens with two attached hydrogens (primary N) is 1. The highest BCUT2D eigenvalue weighted by molar-refractivity contribution is 6.34. The second-order valence-corrected chi connectivity index (χ2v) is 4.90. The zero-order chi connectivity index (χ0) is 15.4. The largest absolute Gasteiger partial charge is 0.392 e. The maximum absolute atomic E-state index is 12.4. The number of amides is 1. The molecule has 0 aliphatic rings. The van der Waals surface area contributed by atoms with Crippen LogP contribution in [0.2, 0.25) is 5.02 Å². The van der Waals surface area contributed by atoms with Gasteiger partial charge in [-0.25, -0.2) is 0 Å². The van der Waals surface area contributed by atoms with Gasteiger partial charge in [0.2, 0.25) is 0 Å². The summed E-state index contributed by atoms with van der Waals surface area (Å²) in [6, 6.07) is 2.59. The Kier molecular flexibility index (Phi) is 5.33. The van der Waals surface area contributed by atoms with Crippen molar-refractivity contribution in [3.63, 3.8) is 0 Å². The van der Waals surface area contributed by atoms with Crippen LogP contribution in [0.15, 0.2) is 12.1 Å². The van der Waals surface area contributed by atoms with Gasteiger partial charge in [0.1, 0.15) is 5.69 Å². The zero-order valence-electron chi connectivity index (χ0n) is 11.7. The monoisotopic (exact) mass is 299 g/mol. The van der Waals surface area contributed by atoms with Crippen molar-refractivity contribution in [3.8, 4) is 0 Å². The van der Waals surface area contributed by atoms with Crippen LogP contribution in [0.5, 0.6) is 0 Å². The van der Waals surface area contributed by atoms with E-state index in [1.54, 1.807) is 4.90 Å². The molecular weight excluding hydrogens is 282 g/mol. The van der Waals surface area contributed by atoms with Crippen LogP contribution >= 0.6 is 11.6 Å². The summed E-state index contributed by atoms with van der Waals surface area (Å²) in [5.41, 5.74) is 5.26. The second kappa shape index (κ2) is 6.56. The summed E-state index contributed by atoms with van der Waals surface area (Å²) >= 11 is 5.87. The van der Waals surface area contributed by atoms with Gasteiger partial charge in [0, 0.05) is 24.2 Å². The molecule has 0 aromatic heterocycles. The van der Waals surface area contributed by atoms with Crippen molar-refractivity contribution in [2.24, 2.45) is 0 Å². The number of nitro groups is 1. The summed E-state index contributed by atoms with van der Waals surface area (Å²) in [5.74, 6) is -0.285. The summed E-state index contributed by atoms with van der Waals surface area (Å²) in [6.45, 7) is 6.27. The molecule has 0 bridgehead atoms. The Balaban J connectivity index is 3.26. The van der Waals surface area contributed by atoms with Crippen molar-refractivity contribution < 1.29 is 9.72 Å². The van der Waals surface area contributed by atoms with E-state index in [0.717, 1.165) is 6.42 Å². The minimum Gasteiger partial charge on any atom is -0.392 e. The Morgan fingerprint density at radius 2 is 2.10 bits per heavy atom. The quantitative estimate of drug-likeness (QED) is 0.514. The van der Waals surface area contributed by atoms with Gasteiger partial charge < -0.3 is 10.6 Å². The zero-order valence-corrected chi connectivity index (χ0v) is 12.5. The van der Waals surface area contributed by atoms with E-state index in [4.69, 9.17) is 17.3 Å². The van der Waals surface area contributed by atoms with Gasteiger partial charge in [0.15, 0.2) is 0 Å². The van der Waals surface area contributed by atoms with E-state index in [1.807, 2.05) is 20.8 Å². The van der Waals surface area contributed by atoms with Crippen LogP contribution in [-0.4, -0.2) is 28.3 Å². The van der Waals surface area contributed by atoms with Gasteiger partial charge in [-0.15, -0.1) is 0 Å². The lowest BCUT2D eigenvalue weighted by Crippen LogP contribution is -2.38. The third kappa shape index (κ3) is 3.19. The standard InChI is InChI=1S/C13H18ClN3O3/c1-4-8(3)16(5-2)13(18)9-6-10(14)12(15)11(7-9)17(19)20/h6-8H,4-5,15H2,1-3H3. The van der Waals surface area contributed by atoms with E-state index >= 15 is 0 Å². The molecule has 1 amide bonds. The molecule has 20 heavy (non-hydrogen) atoms. The smallest absolute Gasteiger partial charge is 0.294 e.